The molecule has 2 aromatic carbocycles. The van der Waals surface area contributed by atoms with Gasteiger partial charge >= 0.3 is 0 Å². The molecule has 0 saturated heterocycles. The highest BCUT2D eigenvalue weighted by atomic mass is 35.5. The Morgan fingerprint density at radius 1 is 1.11 bits per heavy atom. The van der Waals surface area contributed by atoms with Gasteiger partial charge in [-0.3, -0.25) is 0 Å². The fraction of sp³-hybridized carbons (Fsp3) is 0. The van der Waals surface area contributed by atoms with Crippen molar-refractivity contribution in [1.29, 1.82) is 0 Å². The van der Waals surface area contributed by atoms with E-state index in [1.54, 1.807) is 42.5 Å². The number of rotatable bonds is 3. The van der Waals surface area contributed by atoms with Gasteiger partial charge in [0, 0.05) is 6.07 Å². The summed E-state index contributed by atoms with van der Waals surface area (Å²) in [6, 6.07) is 11.8. The van der Waals surface area contributed by atoms with E-state index in [2.05, 4.69) is 5.16 Å². The lowest BCUT2D eigenvalue weighted by molar-refractivity contribution is 0.318. The second kappa shape index (κ2) is 5.82. The summed E-state index contributed by atoms with van der Waals surface area (Å²) in [7, 11) is 0. The van der Waals surface area contributed by atoms with Crippen molar-refractivity contribution in [3.63, 3.8) is 0 Å². The van der Waals surface area contributed by atoms with E-state index in [1.807, 2.05) is 0 Å². The summed E-state index contributed by atoms with van der Waals surface area (Å²) in [5.74, 6) is 0.930. The average Bonchev–Trinajstić information content (AvgIpc) is 2.43. The van der Waals surface area contributed by atoms with E-state index in [0.29, 0.717) is 27.1 Å². The smallest absolute Gasteiger partial charge is 0.173 e. The lowest BCUT2D eigenvalue weighted by Gasteiger charge is -2.10. The molecule has 4 nitrogen and oxygen atoms in total. The fourth-order valence-corrected chi connectivity index (χ4v) is 1.78. The number of para-hydroxylation sites is 1. The Balaban J connectivity index is 2.35. The van der Waals surface area contributed by atoms with Crippen LogP contribution in [-0.2, 0) is 0 Å². The maximum atomic E-state index is 8.73. The van der Waals surface area contributed by atoms with Gasteiger partial charge in [0.1, 0.15) is 11.5 Å². The molecule has 0 unspecified atom stereocenters. The number of halogens is 2. The van der Waals surface area contributed by atoms with Crippen LogP contribution in [0.5, 0.6) is 11.5 Å². The summed E-state index contributed by atoms with van der Waals surface area (Å²) in [6.45, 7) is 0. The van der Waals surface area contributed by atoms with Crippen LogP contribution in [-0.4, -0.2) is 11.0 Å². The molecule has 0 aliphatic carbocycles. The first-order chi connectivity index (χ1) is 9.11. The molecule has 3 N–H and O–H groups in total. The van der Waals surface area contributed by atoms with Gasteiger partial charge in [-0.05, 0) is 24.3 Å². The Morgan fingerprint density at radius 2 is 1.84 bits per heavy atom. The second-order valence-electron chi connectivity index (χ2n) is 3.66. The Kier molecular flexibility index (Phi) is 4.14. The number of oxime groups is 1. The highest BCUT2D eigenvalue weighted by Gasteiger charge is 2.09. The molecule has 0 atom stereocenters. The number of amidine groups is 1. The zero-order chi connectivity index (χ0) is 13.8. The van der Waals surface area contributed by atoms with Crippen LogP contribution in [0.2, 0.25) is 10.0 Å². The van der Waals surface area contributed by atoms with E-state index in [1.165, 1.54) is 0 Å². The number of benzene rings is 2. The summed E-state index contributed by atoms with van der Waals surface area (Å²) in [5.41, 5.74) is 6.06. The van der Waals surface area contributed by atoms with Crippen molar-refractivity contribution in [2.45, 2.75) is 0 Å². The molecule has 6 heteroatoms. The third-order valence-corrected chi connectivity index (χ3v) is 3.13. The van der Waals surface area contributed by atoms with E-state index in [0.717, 1.165) is 0 Å². The minimum absolute atomic E-state index is 0.0318. The lowest BCUT2D eigenvalue weighted by atomic mass is 10.2. The van der Waals surface area contributed by atoms with Crippen molar-refractivity contribution in [3.05, 3.63) is 58.1 Å². The standard InChI is InChI=1S/C13H10Cl2N2O2/c14-10-6-5-8(7-11(10)15)19-12-4-2-1-3-9(12)13(16)17-18/h1-7,18H,(H2,16,17). The molecule has 0 fully saturated rings. The van der Waals surface area contributed by atoms with Crippen LogP contribution >= 0.6 is 23.2 Å². The van der Waals surface area contributed by atoms with Crippen molar-refractivity contribution >= 4 is 29.0 Å². The third-order valence-electron chi connectivity index (χ3n) is 2.39. The number of hydrogen-bond donors (Lipinski definition) is 2. The molecule has 98 valence electrons. The van der Waals surface area contributed by atoms with Gasteiger partial charge in [-0.1, -0.05) is 40.5 Å². The van der Waals surface area contributed by atoms with E-state index in [9.17, 15) is 0 Å². The summed E-state index contributed by atoms with van der Waals surface area (Å²) < 4.78 is 5.65. The van der Waals surface area contributed by atoms with E-state index < -0.39 is 0 Å². The van der Waals surface area contributed by atoms with E-state index in [4.69, 9.17) is 38.9 Å². The number of ether oxygens (including phenoxy) is 1. The molecule has 0 radical (unpaired) electrons. The largest absolute Gasteiger partial charge is 0.457 e. The topological polar surface area (TPSA) is 67.8 Å². The van der Waals surface area contributed by atoms with Gasteiger partial charge in [-0.2, -0.15) is 0 Å². The molecule has 2 aromatic rings. The predicted molar refractivity (Wildman–Crippen MR) is 75.5 cm³/mol. The Labute approximate surface area is 120 Å². The Morgan fingerprint density at radius 3 is 2.53 bits per heavy atom. The van der Waals surface area contributed by atoms with Crippen molar-refractivity contribution < 1.29 is 9.94 Å². The van der Waals surface area contributed by atoms with Crippen molar-refractivity contribution in [1.82, 2.24) is 0 Å². The van der Waals surface area contributed by atoms with Gasteiger partial charge in [0.15, 0.2) is 5.84 Å². The van der Waals surface area contributed by atoms with Gasteiger partial charge in [-0.15, -0.1) is 0 Å². The third kappa shape index (κ3) is 3.10. The molecule has 2 rings (SSSR count). The zero-order valence-electron chi connectivity index (χ0n) is 9.68. The Bertz CT molecular complexity index is 630. The summed E-state index contributed by atoms with van der Waals surface area (Å²) >= 11 is 11.7. The molecular formula is C13H10Cl2N2O2. The molecule has 0 saturated carbocycles. The molecule has 0 amide bonds. The summed E-state index contributed by atoms with van der Waals surface area (Å²) in [6.07, 6.45) is 0. The highest BCUT2D eigenvalue weighted by molar-refractivity contribution is 6.42. The number of hydrogen-bond acceptors (Lipinski definition) is 3. The minimum atomic E-state index is -0.0318. The van der Waals surface area contributed by atoms with Gasteiger partial charge in [0.25, 0.3) is 0 Å². The van der Waals surface area contributed by atoms with Crippen molar-refractivity contribution in [3.8, 4) is 11.5 Å². The molecule has 0 spiro atoms. The SMILES string of the molecule is N/C(=N\O)c1ccccc1Oc1ccc(Cl)c(Cl)c1. The fourth-order valence-electron chi connectivity index (χ4n) is 1.49. The van der Waals surface area contributed by atoms with E-state index in [-0.39, 0.29) is 5.84 Å². The normalized spacial score (nSPS) is 11.4. The molecule has 0 aliphatic rings. The maximum Gasteiger partial charge on any atom is 0.173 e. The molecule has 0 heterocycles. The predicted octanol–water partition coefficient (Wildman–Crippen LogP) is 3.88. The molecule has 19 heavy (non-hydrogen) atoms. The lowest BCUT2D eigenvalue weighted by Crippen LogP contribution is -2.14. The van der Waals surface area contributed by atoms with Gasteiger partial charge in [-0.25, -0.2) is 0 Å². The monoisotopic (exact) mass is 296 g/mol. The first-order valence-corrected chi connectivity index (χ1v) is 6.07. The van der Waals surface area contributed by atoms with Gasteiger partial charge < -0.3 is 15.7 Å². The number of nitrogens with zero attached hydrogens (tertiary/aromatic N) is 1. The molecule has 0 aliphatic heterocycles. The van der Waals surface area contributed by atoms with Crippen LogP contribution in [0, 0.1) is 0 Å². The van der Waals surface area contributed by atoms with Crippen LogP contribution in [0.15, 0.2) is 47.6 Å². The molecule has 0 aromatic heterocycles. The quantitative estimate of drug-likeness (QED) is 0.391. The Hall–Kier alpha value is -1.91. The van der Waals surface area contributed by atoms with Crippen LogP contribution in [0.3, 0.4) is 0 Å². The molecule has 0 bridgehead atoms. The second-order valence-corrected chi connectivity index (χ2v) is 4.47. The first kappa shape index (κ1) is 13.5. The van der Waals surface area contributed by atoms with Gasteiger partial charge in [0.2, 0.25) is 0 Å². The van der Waals surface area contributed by atoms with Crippen LogP contribution in [0.25, 0.3) is 0 Å². The maximum absolute atomic E-state index is 8.73. The minimum Gasteiger partial charge on any atom is -0.457 e. The van der Waals surface area contributed by atoms with Crippen LogP contribution in [0.4, 0.5) is 0 Å². The van der Waals surface area contributed by atoms with Crippen LogP contribution < -0.4 is 10.5 Å². The zero-order valence-corrected chi connectivity index (χ0v) is 11.2. The van der Waals surface area contributed by atoms with Crippen LogP contribution in [0.1, 0.15) is 5.56 Å². The average molecular weight is 297 g/mol. The highest BCUT2D eigenvalue weighted by Crippen LogP contribution is 2.30. The van der Waals surface area contributed by atoms with E-state index >= 15 is 0 Å². The first-order valence-electron chi connectivity index (χ1n) is 5.31. The van der Waals surface area contributed by atoms with Crippen molar-refractivity contribution in [2.24, 2.45) is 10.9 Å². The molecular weight excluding hydrogens is 287 g/mol. The summed E-state index contributed by atoms with van der Waals surface area (Å²) in [5, 5.41) is 12.5. The van der Waals surface area contributed by atoms with Gasteiger partial charge in [0.05, 0.1) is 15.6 Å². The van der Waals surface area contributed by atoms with Crippen molar-refractivity contribution in [2.75, 3.05) is 0 Å². The number of nitrogens with two attached hydrogens (primary N) is 1. The summed E-state index contributed by atoms with van der Waals surface area (Å²) in [4.78, 5) is 0.